The smallest absolute Gasteiger partial charge is 0.338 e. The van der Waals surface area contributed by atoms with Gasteiger partial charge in [-0.15, -0.1) is 0 Å². The Hall–Kier alpha value is -3.87. The van der Waals surface area contributed by atoms with Crippen LogP contribution in [-0.4, -0.2) is 31.4 Å². The fraction of sp³-hybridized carbons (Fsp3) is 0.258. The number of aliphatic hydroxyl groups is 1. The molecular formula is C31H28O6. The molecule has 6 heteroatoms. The average Bonchev–Trinajstić information content (AvgIpc) is 3.31. The molecule has 0 aliphatic carbocycles. The predicted octanol–water partition coefficient (Wildman–Crippen LogP) is 5.76. The summed E-state index contributed by atoms with van der Waals surface area (Å²) in [4.78, 5) is 12.4. The van der Waals surface area contributed by atoms with Crippen molar-refractivity contribution in [1.29, 1.82) is 0 Å². The first-order valence-electron chi connectivity index (χ1n) is 12.5. The van der Waals surface area contributed by atoms with Crippen LogP contribution in [0.5, 0.6) is 11.5 Å². The Balaban J connectivity index is 1.34. The van der Waals surface area contributed by atoms with Crippen molar-refractivity contribution in [3.8, 4) is 22.6 Å². The van der Waals surface area contributed by atoms with Crippen LogP contribution >= 0.6 is 0 Å². The van der Waals surface area contributed by atoms with Gasteiger partial charge in [0.25, 0.3) is 0 Å². The van der Waals surface area contributed by atoms with Gasteiger partial charge in [-0.2, -0.15) is 0 Å². The van der Waals surface area contributed by atoms with Gasteiger partial charge in [0.05, 0.1) is 18.3 Å². The number of rotatable bonds is 6. The minimum absolute atomic E-state index is 0.239. The largest absolute Gasteiger partial charge is 0.497 e. The van der Waals surface area contributed by atoms with E-state index in [4.69, 9.17) is 18.9 Å². The summed E-state index contributed by atoms with van der Waals surface area (Å²) in [7, 11) is 1.64. The second kappa shape index (κ2) is 9.54. The maximum Gasteiger partial charge on any atom is 0.338 e. The lowest BCUT2D eigenvalue weighted by molar-refractivity contribution is -0.0679. The van der Waals surface area contributed by atoms with Crippen molar-refractivity contribution < 1.29 is 28.8 Å². The third-order valence-electron chi connectivity index (χ3n) is 7.34. The number of ether oxygens (including phenoxy) is 4. The van der Waals surface area contributed by atoms with Gasteiger partial charge >= 0.3 is 5.97 Å². The van der Waals surface area contributed by atoms with E-state index in [-0.39, 0.29) is 12.6 Å². The monoisotopic (exact) mass is 496 g/mol. The molecule has 37 heavy (non-hydrogen) atoms. The number of hydrogen-bond acceptors (Lipinski definition) is 6. The van der Waals surface area contributed by atoms with Gasteiger partial charge in [-0.25, -0.2) is 4.79 Å². The Morgan fingerprint density at radius 3 is 2.62 bits per heavy atom. The van der Waals surface area contributed by atoms with Crippen molar-refractivity contribution in [2.75, 3.05) is 20.3 Å². The van der Waals surface area contributed by atoms with Gasteiger partial charge in [0.2, 0.25) is 0 Å². The molecule has 0 saturated carbocycles. The van der Waals surface area contributed by atoms with Crippen LogP contribution in [-0.2, 0) is 28.3 Å². The highest BCUT2D eigenvalue weighted by molar-refractivity contribution is 6.07. The zero-order valence-corrected chi connectivity index (χ0v) is 20.7. The molecule has 2 aliphatic rings. The molecule has 6 nitrogen and oxygen atoms in total. The standard InChI is InChI=1S/C31H28O6/c1-34-24-7-3-5-22(15-24)29-26-17-25(9-8-21(26)16-27-28(29)19-37-30(27)32)36-18-20-4-2-6-23(14-20)31(33)10-12-35-13-11-31/h2-9,14-17,33H,10-13,18-19H2,1H3. The summed E-state index contributed by atoms with van der Waals surface area (Å²) in [6, 6.07) is 23.6. The van der Waals surface area contributed by atoms with E-state index in [0.29, 0.717) is 38.2 Å². The topological polar surface area (TPSA) is 74.2 Å². The summed E-state index contributed by atoms with van der Waals surface area (Å²) >= 11 is 0. The first-order valence-corrected chi connectivity index (χ1v) is 12.5. The minimum atomic E-state index is -0.858. The molecule has 1 N–H and O–H groups in total. The first kappa shape index (κ1) is 23.5. The Bertz CT molecular complexity index is 1480. The fourth-order valence-corrected chi connectivity index (χ4v) is 5.28. The van der Waals surface area contributed by atoms with Gasteiger partial charge in [-0.05, 0) is 69.4 Å². The highest BCUT2D eigenvalue weighted by Gasteiger charge is 2.32. The Morgan fingerprint density at radius 2 is 1.78 bits per heavy atom. The number of fused-ring (bicyclic) bond motifs is 2. The molecular weight excluding hydrogens is 468 g/mol. The van der Waals surface area contributed by atoms with E-state index >= 15 is 0 Å². The summed E-state index contributed by atoms with van der Waals surface area (Å²) in [6.07, 6.45) is 1.18. The second-order valence-electron chi connectivity index (χ2n) is 9.60. The first-order chi connectivity index (χ1) is 18.0. The summed E-state index contributed by atoms with van der Waals surface area (Å²) in [5.41, 5.74) is 4.40. The van der Waals surface area contributed by atoms with E-state index in [0.717, 1.165) is 50.1 Å². The Kier molecular flexibility index (Phi) is 6.07. The Morgan fingerprint density at radius 1 is 0.946 bits per heavy atom. The fourth-order valence-electron chi connectivity index (χ4n) is 5.28. The van der Waals surface area contributed by atoms with Crippen LogP contribution in [0.15, 0.2) is 72.8 Å². The third-order valence-corrected chi connectivity index (χ3v) is 7.34. The van der Waals surface area contributed by atoms with Gasteiger partial charge in [-0.3, -0.25) is 0 Å². The normalized spacial score (nSPS) is 16.3. The summed E-state index contributed by atoms with van der Waals surface area (Å²) in [5, 5.41) is 13.0. The van der Waals surface area contributed by atoms with Crippen molar-refractivity contribution in [2.45, 2.75) is 31.7 Å². The van der Waals surface area contributed by atoms with Crippen LogP contribution < -0.4 is 9.47 Å². The number of cyclic esters (lactones) is 1. The molecule has 0 unspecified atom stereocenters. The zero-order chi connectivity index (χ0) is 25.4. The number of benzene rings is 4. The molecule has 0 atom stereocenters. The van der Waals surface area contributed by atoms with Crippen molar-refractivity contribution in [3.05, 3.63) is 95.1 Å². The van der Waals surface area contributed by atoms with E-state index in [9.17, 15) is 9.90 Å². The number of esters is 1. The number of carbonyl (C=O) groups is 1. The molecule has 6 rings (SSSR count). The van der Waals surface area contributed by atoms with Crippen LogP contribution in [0.4, 0.5) is 0 Å². The number of carbonyl (C=O) groups excluding carboxylic acids is 1. The SMILES string of the molecule is COc1cccc(-c2c3c(cc4ccc(OCc5cccc(C6(O)CCOCC6)c5)cc24)C(=O)OC3)c1. The van der Waals surface area contributed by atoms with Crippen molar-refractivity contribution in [3.63, 3.8) is 0 Å². The Labute approximate surface area is 215 Å². The van der Waals surface area contributed by atoms with Crippen molar-refractivity contribution >= 4 is 16.7 Å². The van der Waals surface area contributed by atoms with Crippen LogP contribution in [0.25, 0.3) is 21.9 Å². The maximum atomic E-state index is 12.4. The molecule has 1 fully saturated rings. The maximum absolute atomic E-state index is 12.4. The average molecular weight is 497 g/mol. The van der Waals surface area contributed by atoms with Crippen LogP contribution in [0.2, 0.25) is 0 Å². The summed E-state index contributed by atoms with van der Waals surface area (Å²) < 4.78 is 22.5. The molecule has 0 aromatic heterocycles. The summed E-state index contributed by atoms with van der Waals surface area (Å²) in [5.74, 6) is 1.16. The van der Waals surface area contributed by atoms with E-state index < -0.39 is 5.60 Å². The van der Waals surface area contributed by atoms with Gasteiger partial charge in [0.15, 0.2) is 0 Å². The van der Waals surface area contributed by atoms with Gasteiger partial charge in [0.1, 0.15) is 24.7 Å². The lowest BCUT2D eigenvalue weighted by atomic mass is 9.86. The van der Waals surface area contributed by atoms with Crippen molar-refractivity contribution in [1.82, 2.24) is 0 Å². The van der Waals surface area contributed by atoms with Gasteiger partial charge in [-0.1, -0.05) is 36.4 Å². The molecule has 0 radical (unpaired) electrons. The molecule has 0 amide bonds. The molecule has 0 bridgehead atoms. The summed E-state index contributed by atoms with van der Waals surface area (Å²) in [6.45, 7) is 1.73. The molecule has 2 heterocycles. The third kappa shape index (κ3) is 4.43. The predicted molar refractivity (Wildman–Crippen MR) is 140 cm³/mol. The zero-order valence-electron chi connectivity index (χ0n) is 20.7. The lowest BCUT2D eigenvalue weighted by Gasteiger charge is -2.32. The second-order valence-corrected chi connectivity index (χ2v) is 9.60. The van der Waals surface area contributed by atoms with E-state index in [2.05, 4.69) is 0 Å². The van der Waals surface area contributed by atoms with Crippen LogP contribution in [0, 0.1) is 0 Å². The molecule has 0 spiro atoms. The van der Waals surface area contributed by atoms with Gasteiger partial charge in [0, 0.05) is 31.6 Å². The van der Waals surface area contributed by atoms with E-state index in [1.54, 1.807) is 7.11 Å². The number of methoxy groups -OCH3 is 1. The number of hydrogen-bond donors (Lipinski definition) is 1. The lowest BCUT2D eigenvalue weighted by Crippen LogP contribution is -2.33. The minimum Gasteiger partial charge on any atom is -0.497 e. The highest BCUT2D eigenvalue weighted by atomic mass is 16.5. The van der Waals surface area contributed by atoms with Crippen molar-refractivity contribution in [2.24, 2.45) is 0 Å². The molecule has 1 saturated heterocycles. The highest BCUT2D eigenvalue weighted by Crippen LogP contribution is 2.40. The molecule has 188 valence electrons. The molecule has 4 aromatic carbocycles. The van der Waals surface area contributed by atoms with E-state index in [1.807, 2.05) is 72.8 Å². The molecule has 4 aromatic rings. The van der Waals surface area contributed by atoms with Gasteiger partial charge < -0.3 is 24.1 Å². The van der Waals surface area contributed by atoms with Crippen LogP contribution in [0.3, 0.4) is 0 Å². The van der Waals surface area contributed by atoms with Crippen LogP contribution in [0.1, 0.15) is 39.9 Å². The quantitative estimate of drug-likeness (QED) is 0.342. The molecule has 2 aliphatic heterocycles. The van der Waals surface area contributed by atoms with E-state index in [1.165, 1.54) is 0 Å².